The van der Waals surface area contributed by atoms with Crippen molar-refractivity contribution in [2.75, 3.05) is 32.8 Å². The largest absolute Gasteiger partial charge is 0.367 e. The van der Waals surface area contributed by atoms with E-state index in [2.05, 4.69) is 20.8 Å². The molecule has 0 saturated carbocycles. The number of unbranched alkanes of at least 4 members (excludes halogenated alkanes) is 4. The molecule has 0 N–H and O–H groups in total. The van der Waals surface area contributed by atoms with Crippen molar-refractivity contribution in [1.82, 2.24) is 0 Å². The van der Waals surface area contributed by atoms with Crippen molar-refractivity contribution in [3.8, 4) is 0 Å². The van der Waals surface area contributed by atoms with Gasteiger partial charge in [-0.3, -0.25) is 0 Å². The minimum absolute atomic E-state index is 0.579. The first-order valence-electron chi connectivity index (χ1n) is 7.23. The van der Waals surface area contributed by atoms with E-state index in [-0.39, 0.29) is 0 Å². The Balaban J connectivity index is 2.20. The molecule has 96 valence electrons. The Kier molecular flexibility index (Phi) is 6.37. The summed E-state index contributed by atoms with van der Waals surface area (Å²) in [6, 6.07) is 0. The lowest BCUT2D eigenvalue weighted by molar-refractivity contribution is -0.925. The molecule has 0 aromatic heterocycles. The van der Waals surface area contributed by atoms with Crippen LogP contribution in [0.2, 0.25) is 0 Å². The van der Waals surface area contributed by atoms with Crippen molar-refractivity contribution < 1.29 is 9.22 Å². The van der Waals surface area contributed by atoms with Gasteiger partial charge in [0.25, 0.3) is 0 Å². The molecule has 0 radical (unpaired) electrons. The van der Waals surface area contributed by atoms with Crippen molar-refractivity contribution in [3.63, 3.8) is 0 Å². The maximum atomic E-state index is 5.40. The van der Waals surface area contributed by atoms with Crippen molar-refractivity contribution in [3.05, 3.63) is 0 Å². The van der Waals surface area contributed by atoms with Crippen LogP contribution < -0.4 is 0 Å². The van der Waals surface area contributed by atoms with Gasteiger partial charge in [0, 0.05) is 0 Å². The Morgan fingerprint density at radius 2 is 1.62 bits per heavy atom. The van der Waals surface area contributed by atoms with Gasteiger partial charge in [0.1, 0.15) is 12.6 Å². The average molecular weight is 228 g/mol. The summed E-state index contributed by atoms with van der Waals surface area (Å²) in [5.41, 5.74) is 0. The van der Waals surface area contributed by atoms with Crippen molar-refractivity contribution in [2.24, 2.45) is 0 Å². The molecule has 16 heavy (non-hydrogen) atoms. The van der Waals surface area contributed by atoms with E-state index in [9.17, 15) is 0 Å². The van der Waals surface area contributed by atoms with Gasteiger partial charge >= 0.3 is 0 Å². The zero-order chi connectivity index (χ0) is 11.9. The molecule has 1 fully saturated rings. The highest BCUT2D eigenvalue weighted by Gasteiger charge is 2.34. The van der Waals surface area contributed by atoms with Crippen LogP contribution in [0.1, 0.15) is 52.9 Å². The molecule has 0 aromatic carbocycles. The summed E-state index contributed by atoms with van der Waals surface area (Å²) in [7, 11) is 0. The molecule has 1 atom stereocenters. The van der Waals surface area contributed by atoms with Gasteiger partial charge < -0.3 is 9.22 Å². The van der Waals surface area contributed by atoms with Crippen LogP contribution in [0.15, 0.2) is 0 Å². The summed E-state index contributed by atoms with van der Waals surface area (Å²) in [6.07, 6.45) is 7.56. The first kappa shape index (κ1) is 14.0. The molecule has 1 rings (SSSR count). The van der Waals surface area contributed by atoms with Crippen LogP contribution in [-0.2, 0) is 4.74 Å². The third-order valence-corrected chi connectivity index (χ3v) is 4.07. The van der Waals surface area contributed by atoms with Gasteiger partial charge in [0.15, 0.2) is 0 Å². The Morgan fingerprint density at radius 3 is 2.12 bits per heavy atom. The van der Waals surface area contributed by atoms with Crippen LogP contribution in [0, 0.1) is 0 Å². The summed E-state index contributed by atoms with van der Waals surface area (Å²) in [5, 5.41) is 0. The number of ether oxygens (including phenoxy) is 1. The molecule has 1 aliphatic rings. The van der Waals surface area contributed by atoms with Crippen LogP contribution in [-0.4, -0.2) is 43.4 Å². The number of quaternary nitrogens is 1. The maximum absolute atomic E-state index is 5.40. The van der Waals surface area contributed by atoms with Gasteiger partial charge in [0.2, 0.25) is 0 Å². The molecular weight excluding hydrogens is 198 g/mol. The monoisotopic (exact) mass is 228 g/mol. The fourth-order valence-corrected chi connectivity index (χ4v) is 2.55. The van der Waals surface area contributed by atoms with Gasteiger partial charge in [-0.1, -0.05) is 26.2 Å². The first-order valence-corrected chi connectivity index (χ1v) is 7.23. The van der Waals surface area contributed by atoms with Gasteiger partial charge in [-0.05, 0) is 26.7 Å². The summed E-state index contributed by atoms with van der Waals surface area (Å²) >= 11 is 0. The van der Waals surface area contributed by atoms with E-state index in [0.717, 1.165) is 6.61 Å². The Morgan fingerprint density at radius 1 is 1.00 bits per heavy atom. The van der Waals surface area contributed by atoms with Crippen LogP contribution in [0.3, 0.4) is 0 Å². The van der Waals surface area contributed by atoms with Crippen LogP contribution in [0.5, 0.6) is 0 Å². The van der Waals surface area contributed by atoms with E-state index in [1.165, 1.54) is 62.8 Å². The quantitative estimate of drug-likeness (QED) is 0.318. The van der Waals surface area contributed by atoms with E-state index >= 15 is 0 Å². The fourth-order valence-electron chi connectivity index (χ4n) is 2.55. The molecular formula is C14H30NO+. The molecule has 0 bridgehead atoms. The second-order valence-corrected chi connectivity index (χ2v) is 5.25. The number of nitrogens with zero attached hydrogens (tertiary/aromatic N) is 1. The molecule has 2 heteroatoms. The van der Waals surface area contributed by atoms with E-state index in [4.69, 9.17) is 4.74 Å². The van der Waals surface area contributed by atoms with Crippen molar-refractivity contribution in [2.45, 2.75) is 59.0 Å². The Labute approximate surface area is 102 Å². The lowest BCUT2D eigenvalue weighted by atomic mass is 10.1. The number of rotatable bonds is 10. The second-order valence-electron chi connectivity index (χ2n) is 5.25. The molecule has 1 aliphatic heterocycles. The third-order valence-electron chi connectivity index (χ3n) is 4.07. The standard InChI is InChI=1S/C14H30NO/c1-4-7-8-9-10-11-15(5-2,6-3)12-14-13-16-14/h14H,4-13H2,1-3H3/q+1. The maximum Gasteiger partial charge on any atom is 0.130 e. The summed E-state index contributed by atoms with van der Waals surface area (Å²) < 4.78 is 6.67. The molecule has 1 heterocycles. The predicted octanol–water partition coefficient (Wildman–Crippen LogP) is 3.21. The Bertz CT molecular complexity index is 174. The topological polar surface area (TPSA) is 12.5 Å². The highest BCUT2D eigenvalue weighted by molar-refractivity contribution is 4.68. The van der Waals surface area contributed by atoms with E-state index in [1.807, 2.05) is 0 Å². The van der Waals surface area contributed by atoms with Crippen molar-refractivity contribution in [1.29, 1.82) is 0 Å². The second kappa shape index (κ2) is 7.29. The zero-order valence-electron chi connectivity index (χ0n) is 11.5. The van der Waals surface area contributed by atoms with E-state index < -0.39 is 0 Å². The van der Waals surface area contributed by atoms with Gasteiger partial charge in [-0.15, -0.1) is 0 Å². The lowest BCUT2D eigenvalue weighted by Gasteiger charge is -2.36. The number of hydrogen-bond acceptors (Lipinski definition) is 1. The third kappa shape index (κ3) is 4.84. The average Bonchev–Trinajstić information content (AvgIpc) is 3.11. The summed E-state index contributed by atoms with van der Waals surface area (Å²) in [4.78, 5) is 0. The van der Waals surface area contributed by atoms with Gasteiger partial charge in [-0.25, -0.2) is 0 Å². The van der Waals surface area contributed by atoms with Crippen LogP contribution >= 0.6 is 0 Å². The zero-order valence-corrected chi connectivity index (χ0v) is 11.5. The molecule has 0 amide bonds. The van der Waals surface area contributed by atoms with E-state index in [1.54, 1.807) is 0 Å². The molecule has 0 aliphatic carbocycles. The predicted molar refractivity (Wildman–Crippen MR) is 69.6 cm³/mol. The molecule has 1 saturated heterocycles. The summed E-state index contributed by atoms with van der Waals surface area (Å²) in [5.74, 6) is 0. The minimum Gasteiger partial charge on any atom is -0.367 e. The molecule has 0 aromatic rings. The summed E-state index contributed by atoms with van der Waals surface area (Å²) in [6.45, 7) is 13.1. The number of epoxide rings is 1. The fraction of sp³-hybridized carbons (Fsp3) is 1.00. The Hall–Kier alpha value is -0.0800. The van der Waals surface area contributed by atoms with Gasteiger partial charge in [-0.2, -0.15) is 0 Å². The highest BCUT2D eigenvalue weighted by Crippen LogP contribution is 2.19. The van der Waals surface area contributed by atoms with Crippen LogP contribution in [0.25, 0.3) is 0 Å². The first-order chi connectivity index (χ1) is 7.76. The van der Waals surface area contributed by atoms with Gasteiger partial charge in [0.05, 0.1) is 26.2 Å². The van der Waals surface area contributed by atoms with Crippen molar-refractivity contribution >= 4 is 0 Å². The normalized spacial score (nSPS) is 20.1. The smallest absolute Gasteiger partial charge is 0.130 e. The van der Waals surface area contributed by atoms with Crippen LogP contribution in [0.4, 0.5) is 0 Å². The molecule has 1 unspecified atom stereocenters. The number of likely N-dealkylation sites (N-methyl/N-ethyl adjacent to an activating group) is 1. The SMILES string of the molecule is CCCCCCC[N+](CC)(CC)CC1CO1. The minimum atomic E-state index is 0.579. The lowest BCUT2D eigenvalue weighted by Crippen LogP contribution is -2.50. The molecule has 2 nitrogen and oxygen atoms in total. The highest BCUT2D eigenvalue weighted by atomic mass is 16.6. The molecule has 0 spiro atoms. The van der Waals surface area contributed by atoms with E-state index in [0.29, 0.717) is 6.10 Å². The number of hydrogen-bond donors (Lipinski definition) is 0.